The molecular formula is C18H15ClN2OS. The lowest BCUT2D eigenvalue weighted by atomic mass is 9.95. The molecule has 116 valence electrons. The first-order chi connectivity index (χ1) is 11.2. The van der Waals surface area contributed by atoms with E-state index in [9.17, 15) is 4.79 Å². The fraction of sp³-hybridized carbons (Fsp3) is 0.222. The van der Waals surface area contributed by atoms with Crippen LogP contribution >= 0.6 is 22.9 Å². The van der Waals surface area contributed by atoms with Gasteiger partial charge in [-0.2, -0.15) is 9.78 Å². The van der Waals surface area contributed by atoms with Gasteiger partial charge in [-0.15, -0.1) is 11.3 Å². The fourth-order valence-electron chi connectivity index (χ4n) is 2.97. The van der Waals surface area contributed by atoms with E-state index in [1.807, 2.05) is 23.5 Å². The first kappa shape index (κ1) is 14.7. The van der Waals surface area contributed by atoms with Crippen LogP contribution in [-0.4, -0.2) is 9.78 Å². The molecule has 3 aromatic rings. The summed E-state index contributed by atoms with van der Waals surface area (Å²) >= 11 is 7.80. The van der Waals surface area contributed by atoms with Crippen LogP contribution in [0.25, 0.3) is 16.9 Å². The minimum Gasteiger partial charge on any atom is -0.267 e. The Labute approximate surface area is 143 Å². The van der Waals surface area contributed by atoms with E-state index in [0.717, 1.165) is 36.2 Å². The van der Waals surface area contributed by atoms with Crippen LogP contribution < -0.4 is 5.56 Å². The van der Waals surface area contributed by atoms with Gasteiger partial charge in [0.2, 0.25) is 0 Å². The first-order valence-electron chi connectivity index (χ1n) is 7.67. The molecule has 1 aliphatic carbocycles. The van der Waals surface area contributed by atoms with Crippen molar-refractivity contribution in [2.45, 2.75) is 26.2 Å². The predicted molar refractivity (Wildman–Crippen MR) is 94.9 cm³/mol. The Bertz CT molecular complexity index is 941. The topological polar surface area (TPSA) is 34.9 Å². The van der Waals surface area contributed by atoms with Crippen LogP contribution in [0.1, 0.15) is 22.2 Å². The average Bonchev–Trinajstić information content (AvgIpc) is 2.99. The van der Waals surface area contributed by atoms with E-state index < -0.39 is 0 Å². The Morgan fingerprint density at radius 3 is 2.74 bits per heavy atom. The highest BCUT2D eigenvalue weighted by molar-refractivity contribution is 7.12. The molecule has 0 aliphatic heterocycles. The molecule has 1 aliphatic rings. The zero-order valence-electron chi connectivity index (χ0n) is 12.7. The third-order valence-corrected chi connectivity index (χ3v) is 5.76. The van der Waals surface area contributed by atoms with Crippen LogP contribution in [-0.2, 0) is 19.3 Å². The molecule has 0 spiro atoms. The second-order valence-corrected chi connectivity index (χ2v) is 7.31. The van der Waals surface area contributed by atoms with Gasteiger partial charge in [-0.05, 0) is 55.2 Å². The van der Waals surface area contributed by atoms with Crippen molar-refractivity contribution in [1.29, 1.82) is 0 Å². The number of fused-ring (bicyclic) bond motifs is 3. The van der Waals surface area contributed by atoms with Gasteiger partial charge in [0.25, 0.3) is 5.56 Å². The van der Waals surface area contributed by atoms with Crippen LogP contribution in [0.15, 0.2) is 41.2 Å². The molecule has 0 saturated carbocycles. The Morgan fingerprint density at radius 2 is 2.00 bits per heavy atom. The molecular weight excluding hydrogens is 328 g/mol. The van der Waals surface area contributed by atoms with Crippen molar-refractivity contribution in [3.05, 3.63) is 67.1 Å². The van der Waals surface area contributed by atoms with Gasteiger partial charge in [-0.25, -0.2) is 0 Å². The molecule has 4 rings (SSSR count). The number of rotatable bonds is 2. The number of aromatic nitrogens is 2. The first-order valence-corrected chi connectivity index (χ1v) is 8.86. The Kier molecular flexibility index (Phi) is 3.58. The van der Waals surface area contributed by atoms with Crippen molar-refractivity contribution in [1.82, 2.24) is 9.78 Å². The summed E-state index contributed by atoms with van der Waals surface area (Å²) in [6.07, 6.45) is 2.92. The van der Waals surface area contributed by atoms with Gasteiger partial charge in [-0.1, -0.05) is 18.5 Å². The van der Waals surface area contributed by atoms with Gasteiger partial charge >= 0.3 is 0 Å². The molecule has 1 aromatic carbocycles. The number of aryl methyl sites for hydroxylation is 3. The van der Waals surface area contributed by atoms with E-state index in [4.69, 9.17) is 11.6 Å². The molecule has 5 heteroatoms. The summed E-state index contributed by atoms with van der Waals surface area (Å²) in [5.74, 6) is 0. The van der Waals surface area contributed by atoms with Gasteiger partial charge in [0.1, 0.15) is 0 Å². The van der Waals surface area contributed by atoms with Gasteiger partial charge in [0.15, 0.2) is 0 Å². The summed E-state index contributed by atoms with van der Waals surface area (Å²) in [7, 11) is 0. The van der Waals surface area contributed by atoms with Crippen LogP contribution in [0.3, 0.4) is 0 Å². The van der Waals surface area contributed by atoms with Gasteiger partial charge in [0, 0.05) is 26.4 Å². The summed E-state index contributed by atoms with van der Waals surface area (Å²) in [6, 6.07) is 11.1. The number of hydrogen-bond donors (Lipinski definition) is 0. The van der Waals surface area contributed by atoms with Crippen molar-refractivity contribution >= 4 is 22.9 Å². The molecule has 0 atom stereocenters. The van der Waals surface area contributed by atoms with Crippen molar-refractivity contribution in [2.24, 2.45) is 0 Å². The van der Waals surface area contributed by atoms with Crippen LogP contribution in [0, 0.1) is 0 Å². The SMILES string of the molecule is CCc1cc2c(s1)CCc1cc(=O)n(-c3ccc(Cl)cc3)nc1-2. The molecule has 0 radical (unpaired) electrons. The van der Waals surface area contributed by atoms with Gasteiger partial charge in [0.05, 0.1) is 11.4 Å². The minimum atomic E-state index is -0.0968. The lowest BCUT2D eigenvalue weighted by Crippen LogP contribution is -2.23. The molecule has 0 unspecified atom stereocenters. The molecule has 23 heavy (non-hydrogen) atoms. The van der Waals surface area contributed by atoms with Gasteiger partial charge in [-0.3, -0.25) is 4.79 Å². The molecule has 0 saturated heterocycles. The fourth-order valence-corrected chi connectivity index (χ4v) is 4.20. The highest BCUT2D eigenvalue weighted by atomic mass is 35.5. The number of hydrogen-bond acceptors (Lipinski definition) is 3. The van der Waals surface area contributed by atoms with Crippen molar-refractivity contribution < 1.29 is 0 Å². The summed E-state index contributed by atoms with van der Waals surface area (Å²) < 4.78 is 1.47. The van der Waals surface area contributed by atoms with E-state index in [1.165, 1.54) is 20.0 Å². The molecule has 0 fully saturated rings. The second-order valence-electron chi connectivity index (χ2n) is 5.65. The summed E-state index contributed by atoms with van der Waals surface area (Å²) in [6.45, 7) is 2.17. The van der Waals surface area contributed by atoms with E-state index in [1.54, 1.807) is 18.2 Å². The van der Waals surface area contributed by atoms with Crippen LogP contribution in [0.2, 0.25) is 5.02 Å². The predicted octanol–water partition coefficient (Wildman–Crippen LogP) is 4.28. The summed E-state index contributed by atoms with van der Waals surface area (Å²) in [4.78, 5) is 15.2. The number of thiophene rings is 1. The highest BCUT2D eigenvalue weighted by Crippen LogP contribution is 2.37. The molecule has 2 heterocycles. The van der Waals surface area contributed by atoms with Crippen molar-refractivity contribution in [3.63, 3.8) is 0 Å². The largest absolute Gasteiger partial charge is 0.271 e. The summed E-state index contributed by atoms with van der Waals surface area (Å²) in [5, 5.41) is 5.32. The quantitative estimate of drug-likeness (QED) is 0.697. The van der Waals surface area contributed by atoms with Crippen molar-refractivity contribution in [2.75, 3.05) is 0 Å². The van der Waals surface area contributed by atoms with E-state index in [-0.39, 0.29) is 5.56 Å². The monoisotopic (exact) mass is 342 g/mol. The Morgan fingerprint density at radius 1 is 1.22 bits per heavy atom. The van der Waals surface area contributed by atoms with E-state index >= 15 is 0 Å². The Balaban J connectivity index is 1.90. The standard InChI is InChI=1S/C18H15ClN2OS/c1-2-14-10-15-16(23-14)8-3-11-9-17(22)21(20-18(11)15)13-6-4-12(19)5-7-13/h4-7,9-10H,2-3,8H2,1H3. The maximum atomic E-state index is 12.4. The number of nitrogens with zero attached hydrogens (tertiary/aromatic N) is 2. The molecule has 0 amide bonds. The minimum absolute atomic E-state index is 0.0968. The third-order valence-electron chi connectivity index (χ3n) is 4.17. The molecule has 0 bridgehead atoms. The normalized spacial score (nSPS) is 12.8. The smallest absolute Gasteiger partial charge is 0.267 e. The zero-order chi connectivity index (χ0) is 16.0. The van der Waals surface area contributed by atoms with Crippen LogP contribution in [0.4, 0.5) is 0 Å². The van der Waals surface area contributed by atoms with Gasteiger partial charge < -0.3 is 0 Å². The van der Waals surface area contributed by atoms with E-state index in [2.05, 4.69) is 18.1 Å². The maximum absolute atomic E-state index is 12.4. The van der Waals surface area contributed by atoms with Crippen LogP contribution in [0.5, 0.6) is 0 Å². The van der Waals surface area contributed by atoms with Crippen molar-refractivity contribution in [3.8, 4) is 16.9 Å². The molecule has 3 nitrogen and oxygen atoms in total. The molecule has 2 aromatic heterocycles. The molecule has 0 N–H and O–H groups in total. The van der Waals surface area contributed by atoms with E-state index in [0.29, 0.717) is 5.02 Å². The lowest BCUT2D eigenvalue weighted by molar-refractivity contribution is 0.786. The zero-order valence-corrected chi connectivity index (χ0v) is 14.2. The average molecular weight is 343 g/mol. The maximum Gasteiger partial charge on any atom is 0.271 e. The summed E-state index contributed by atoms with van der Waals surface area (Å²) in [5.41, 5.74) is 3.82. The lowest BCUT2D eigenvalue weighted by Gasteiger charge is -2.16. The third kappa shape index (κ3) is 2.52. The number of halogens is 1. The number of benzene rings is 1. The highest BCUT2D eigenvalue weighted by Gasteiger charge is 2.22. The Hall–Kier alpha value is -1.91. The second kappa shape index (κ2) is 5.62.